The molecule has 0 bridgehead atoms. The van der Waals surface area contributed by atoms with Crippen LogP contribution in [-0.2, 0) is 0 Å². The summed E-state index contributed by atoms with van der Waals surface area (Å²) in [5.41, 5.74) is 3.89. The average Bonchev–Trinajstić information content (AvgIpc) is 3.48. The van der Waals surface area contributed by atoms with Gasteiger partial charge in [-0.3, -0.25) is 4.98 Å². The fraction of sp³-hybridized carbons (Fsp3) is 0.154. The maximum atomic E-state index is 5.85. The van der Waals surface area contributed by atoms with Gasteiger partial charge >= 0.3 is 0 Å². The molecule has 1 saturated heterocycles. The Bertz CT molecular complexity index is 1270. The number of thiocarbonyl (C=S) groups is 1. The molecule has 0 aliphatic carbocycles. The van der Waals surface area contributed by atoms with E-state index in [0.29, 0.717) is 5.11 Å². The molecule has 1 aliphatic rings. The van der Waals surface area contributed by atoms with Gasteiger partial charge in [0, 0.05) is 29.8 Å². The average molecular weight is 457 g/mol. The molecular formula is C26H24N4O2S. The van der Waals surface area contributed by atoms with Crippen LogP contribution < -0.4 is 19.7 Å². The van der Waals surface area contributed by atoms with Gasteiger partial charge in [0.05, 0.1) is 31.6 Å². The fourth-order valence-corrected chi connectivity index (χ4v) is 4.72. The summed E-state index contributed by atoms with van der Waals surface area (Å²) in [6, 6.07) is 25.7. The van der Waals surface area contributed by atoms with Crippen LogP contribution in [-0.4, -0.2) is 28.9 Å². The molecule has 1 fully saturated rings. The molecule has 7 heteroatoms. The molecule has 4 aromatic rings. The first kappa shape index (κ1) is 21.0. The lowest BCUT2D eigenvalue weighted by Crippen LogP contribution is -2.30. The fourth-order valence-electron chi connectivity index (χ4n) is 4.38. The number of pyridine rings is 1. The van der Waals surface area contributed by atoms with Crippen LogP contribution in [0.4, 0.5) is 5.69 Å². The molecule has 0 radical (unpaired) electrons. The Hall–Kier alpha value is -3.84. The SMILES string of the molecule is COc1cccc(N2C(=S)N[C@@H](c3ccccn3)[C@@H]2c2cccn2-c2ccccc2OC)c1. The summed E-state index contributed by atoms with van der Waals surface area (Å²) in [5.74, 6) is 1.57. The number of rotatable bonds is 6. The molecule has 1 aliphatic heterocycles. The van der Waals surface area contributed by atoms with E-state index in [-0.39, 0.29) is 12.1 Å². The number of benzene rings is 2. The third kappa shape index (κ3) is 3.81. The van der Waals surface area contributed by atoms with E-state index in [1.807, 2.05) is 79.1 Å². The molecule has 2 atom stereocenters. The smallest absolute Gasteiger partial charge is 0.174 e. The zero-order valence-corrected chi connectivity index (χ0v) is 19.2. The molecule has 0 saturated carbocycles. The highest BCUT2D eigenvalue weighted by molar-refractivity contribution is 7.80. The highest BCUT2D eigenvalue weighted by atomic mass is 32.1. The topological polar surface area (TPSA) is 51.5 Å². The highest BCUT2D eigenvalue weighted by Crippen LogP contribution is 2.43. The normalized spacial score (nSPS) is 17.6. The standard InChI is InChI=1S/C26H24N4O2S/c1-31-19-10-7-9-18(17-19)30-25(24(28-26(30)33)20-11-5-6-15-27-20)22-13-8-16-29(22)21-12-3-4-14-23(21)32-2/h3-17,24-25H,1-2H3,(H,28,33)/t24-,25-/m0/s1. The van der Waals surface area contributed by atoms with E-state index in [0.717, 1.165) is 34.3 Å². The van der Waals surface area contributed by atoms with Gasteiger partial charge in [-0.15, -0.1) is 0 Å². The molecule has 2 aromatic heterocycles. The Morgan fingerprint density at radius 1 is 0.909 bits per heavy atom. The molecule has 1 N–H and O–H groups in total. The first-order valence-electron chi connectivity index (χ1n) is 10.7. The van der Waals surface area contributed by atoms with Crippen molar-refractivity contribution in [2.75, 3.05) is 19.1 Å². The van der Waals surface area contributed by atoms with Gasteiger partial charge < -0.3 is 24.3 Å². The van der Waals surface area contributed by atoms with Crippen LogP contribution in [0.2, 0.25) is 0 Å². The number of anilines is 1. The number of nitrogens with zero attached hydrogens (tertiary/aromatic N) is 3. The Labute approximate surface area is 198 Å². The second-order valence-corrected chi connectivity index (χ2v) is 8.06. The number of para-hydroxylation sites is 2. The Balaban J connectivity index is 1.68. The van der Waals surface area contributed by atoms with E-state index in [1.165, 1.54) is 0 Å². The molecular weight excluding hydrogens is 432 g/mol. The van der Waals surface area contributed by atoms with Crippen molar-refractivity contribution < 1.29 is 9.47 Å². The lowest BCUT2D eigenvalue weighted by atomic mass is 10.0. The Morgan fingerprint density at radius 2 is 1.76 bits per heavy atom. The monoisotopic (exact) mass is 456 g/mol. The molecule has 166 valence electrons. The second kappa shape index (κ2) is 8.96. The van der Waals surface area contributed by atoms with Crippen molar-refractivity contribution >= 4 is 23.0 Å². The van der Waals surface area contributed by atoms with Crippen LogP contribution in [0, 0.1) is 0 Å². The van der Waals surface area contributed by atoms with E-state index < -0.39 is 0 Å². The molecule has 5 rings (SSSR count). The van der Waals surface area contributed by atoms with Crippen LogP contribution >= 0.6 is 12.2 Å². The largest absolute Gasteiger partial charge is 0.497 e. The zero-order chi connectivity index (χ0) is 22.8. The summed E-state index contributed by atoms with van der Waals surface area (Å²) in [6.07, 6.45) is 3.86. The number of hydrogen-bond acceptors (Lipinski definition) is 4. The third-order valence-electron chi connectivity index (χ3n) is 5.86. The number of hydrogen-bond donors (Lipinski definition) is 1. The molecule has 2 aromatic carbocycles. The van der Waals surface area contributed by atoms with Gasteiger partial charge in [0.1, 0.15) is 17.5 Å². The quantitative estimate of drug-likeness (QED) is 0.409. The summed E-state index contributed by atoms with van der Waals surface area (Å²) in [7, 11) is 3.36. The summed E-state index contributed by atoms with van der Waals surface area (Å²) < 4.78 is 13.3. The summed E-state index contributed by atoms with van der Waals surface area (Å²) >= 11 is 5.85. The minimum absolute atomic E-state index is 0.145. The molecule has 0 unspecified atom stereocenters. The predicted octanol–water partition coefficient (Wildman–Crippen LogP) is 5.07. The minimum atomic E-state index is -0.153. The van der Waals surface area contributed by atoms with Gasteiger partial charge in [-0.05, 0) is 60.7 Å². The molecule has 33 heavy (non-hydrogen) atoms. The number of ether oxygens (including phenoxy) is 2. The molecule has 0 amide bonds. The summed E-state index contributed by atoms with van der Waals surface area (Å²) in [6.45, 7) is 0. The van der Waals surface area contributed by atoms with Crippen molar-refractivity contribution in [2.45, 2.75) is 12.1 Å². The van der Waals surface area contributed by atoms with Crippen LogP contribution in [0.3, 0.4) is 0 Å². The van der Waals surface area contributed by atoms with Crippen molar-refractivity contribution in [3.63, 3.8) is 0 Å². The summed E-state index contributed by atoms with van der Waals surface area (Å²) in [4.78, 5) is 6.78. The molecule has 3 heterocycles. The van der Waals surface area contributed by atoms with E-state index in [1.54, 1.807) is 14.2 Å². The second-order valence-electron chi connectivity index (χ2n) is 7.67. The van der Waals surface area contributed by atoms with E-state index in [4.69, 9.17) is 21.7 Å². The first-order chi connectivity index (χ1) is 16.2. The van der Waals surface area contributed by atoms with Gasteiger partial charge in [0.15, 0.2) is 5.11 Å². The van der Waals surface area contributed by atoms with Crippen LogP contribution in [0.1, 0.15) is 23.5 Å². The van der Waals surface area contributed by atoms with E-state index >= 15 is 0 Å². The van der Waals surface area contributed by atoms with Crippen molar-refractivity contribution in [2.24, 2.45) is 0 Å². The lowest BCUT2D eigenvalue weighted by Gasteiger charge is -2.29. The summed E-state index contributed by atoms with van der Waals surface area (Å²) in [5, 5.41) is 4.15. The van der Waals surface area contributed by atoms with Gasteiger partial charge in [0.2, 0.25) is 0 Å². The number of methoxy groups -OCH3 is 2. The van der Waals surface area contributed by atoms with Gasteiger partial charge in [-0.1, -0.05) is 24.3 Å². The Morgan fingerprint density at radius 3 is 2.55 bits per heavy atom. The van der Waals surface area contributed by atoms with Gasteiger partial charge in [-0.25, -0.2) is 0 Å². The zero-order valence-electron chi connectivity index (χ0n) is 18.4. The maximum Gasteiger partial charge on any atom is 0.174 e. The lowest BCUT2D eigenvalue weighted by molar-refractivity contribution is 0.412. The highest BCUT2D eigenvalue weighted by Gasteiger charge is 2.42. The van der Waals surface area contributed by atoms with Crippen molar-refractivity contribution in [1.29, 1.82) is 0 Å². The van der Waals surface area contributed by atoms with Crippen LogP contribution in [0.25, 0.3) is 5.69 Å². The number of aromatic nitrogens is 2. The Kier molecular flexibility index (Phi) is 5.71. The maximum absolute atomic E-state index is 5.85. The van der Waals surface area contributed by atoms with Crippen molar-refractivity contribution in [3.05, 3.63) is 103 Å². The van der Waals surface area contributed by atoms with Crippen molar-refractivity contribution in [3.8, 4) is 17.2 Å². The van der Waals surface area contributed by atoms with E-state index in [2.05, 4.69) is 31.9 Å². The first-order valence-corrected chi connectivity index (χ1v) is 11.1. The minimum Gasteiger partial charge on any atom is -0.497 e. The van der Waals surface area contributed by atoms with Crippen molar-refractivity contribution in [1.82, 2.24) is 14.9 Å². The van der Waals surface area contributed by atoms with E-state index in [9.17, 15) is 0 Å². The molecule has 0 spiro atoms. The van der Waals surface area contributed by atoms with Gasteiger partial charge in [0.25, 0.3) is 0 Å². The van der Waals surface area contributed by atoms with Crippen LogP contribution in [0.15, 0.2) is 91.3 Å². The third-order valence-corrected chi connectivity index (χ3v) is 6.17. The number of nitrogens with one attached hydrogen (secondary N) is 1. The molecule has 6 nitrogen and oxygen atoms in total. The predicted molar refractivity (Wildman–Crippen MR) is 133 cm³/mol. The van der Waals surface area contributed by atoms with Gasteiger partial charge in [-0.2, -0.15) is 0 Å². The van der Waals surface area contributed by atoms with Crippen LogP contribution in [0.5, 0.6) is 11.5 Å².